The molecule has 0 aliphatic carbocycles. The van der Waals surface area contributed by atoms with Gasteiger partial charge in [0.2, 0.25) is 0 Å². The summed E-state index contributed by atoms with van der Waals surface area (Å²) in [6.07, 6.45) is 0. The van der Waals surface area contributed by atoms with Gasteiger partial charge in [0.25, 0.3) is 0 Å². The first-order valence-corrected chi connectivity index (χ1v) is 3.86. The second-order valence-corrected chi connectivity index (χ2v) is 4.01. The Morgan fingerprint density at radius 3 is 1.60 bits per heavy atom. The lowest BCUT2D eigenvalue weighted by Gasteiger charge is -2.24. The first kappa shape index (κ1) is 9.67. The van der Waals surface area contributed by atoms with Crippen molar-refractivity contribution in [1.29, 1.82) is 0 Å². The van der Waals surface area contributed by atoms with Crippen LogP contribution in [0.3, 0.4) is 0 Å². The molecule has 0 amide bonds. The van der Waals surface area contributed by atoms with Gasteiger partial charge in [0.05, 0.1) is 0 Å². The van der Waals surface area contributed by atoms with E-state index in [2.05, 4.69) is 39.6 Å². The predicted octanol–water partition coefficient (Wildman–Crippen LogP) is 2.76. The lowest BCUT2D eigenvalue weighted by Crippen LogP contribution is -2.25. The average molecular weight is 141 g/mol. The molecular weight excluding hydrogens is 122 g/mol. The van der Waals surface area contributed by atoms with Crippen molar-refractivity contribution >= 4 is 5.71 Å². The van der Waals surface area contributed by atoms with E-state index >= 15 is 0 Å². The van der Waals surface area contributed by atoms with Crippen LogP contribution in [0, 0.1) is 11.3 Å². The Labute approximate surface area is 64.6 Å². The standard InChI is InChI=1S/C9H19N/c1-7(2)8(10-6)9(3,4)5/h7H,1-6H3. The molecule has 1 heteroatoms. The van der Waals surface area contributed by atoms with E-state index in [4.69, 9.17) is 0 Å². The monoisotopic (exact) mass is 141 g/mol. The largest absolute Gasteiger partial charge is 0.297 e. The summed E-state index contributed by atoms with van der Waals surface area (Å²) in [7, 11) is 1.88. The van der Waals surface area contributed by atoms with Crippen molar-refractivity contribution in [2.24, 2.45) is 16.3 Å². The van der Waals surface area contributed by atoms with Gasteiger partial charge in [0.15, 0.2) is 0 Å². The van der Waals surface area contributed by atoms with E-state index in [0.29, 0.717) is 5.92 Å². The maximum Gasteiger partial charge on any atom is 0.0276 e. The fraction of sp³-hybridized carbons (Fsp3) is 0.889. The maximum absolute atomic E-state index is 4.28. The van der Waals surface area contributed by atoms with E-state index in [-0.39, 0.29) is 5.41 Å². The van der Waals surface area contributed by atoms with Crippen molar-refractivity contribution < 1.29 is 0 Å². The van der Waals surface area contributed by atoms with E-state index in [1.807, 2.05) is 7.05 Å². The molecule has 0 unspecified atom stereocenters. The summed E-state index contributed by atoms with van der Waals surface area (Å²) in [5, 5.41) is 0. The van der Waals surface area contributed by atoms with Crippen molar-refractivity contribution in [2.75, 3.05) is 7.05 Å². The van der Waals surface area contributed by atoms with Gasteiger partial charge in [-0.05, 0) is 5.92 Å². The Bertz CT molecular complexity index is 126. The molecule has 1 nitrogen and oxygen atoms in total. The molecule has 0 N–H and O–H groups in total. The number of hydrogen-bond donors (Lipinski definition) is 0. The van der Waals surface area contributed by atoms with Gasteiger partial charge in [0, 0.05) is 18.2 Å². The highest BCUT2D eigenvalue weighted by Crippen LogP contribution is 2.20. The first-order valence-electron chi connectivity index (χ1n) is 3.86. The van der Waals surface area contributed by atoms with Crippen LogP contribution in [0.4, 0.5) is 0 Å². The molecule has 0 rings (SSSR count). The summed E-state index contributed by atoms with van der Waals surface area (Å²) in [6, 6.07) is 0. The molecule has 0 saturated carbocycles. The summed E-state index contributed by atoms with van der Waals surface area (Å²) in [4.78, 5) is 4.28. The zero-order valence-electron chi connectivity index (χ0n) is 8.02. The van der Waals surface area contributed by atoms with E-state index < -0.39 is 0 Å². The smallest absolute Gasteiger partial charge is 0.0276 e. The van der Waals surface area contributed by atoms with E-state index in [1.54, 1.807) is 0 Å². The van der Waals surface area contributed by atoms with Gasteiger partial charge in [-0.15, -0.1) is 0 Å². The van der Waals surface area contributed by atoms with E-state index in [9.17, 15) is 0 Å². The molecule has 0 radical (unpaired) electrons. The SMILES string of the molecule is CN=C(C(C)C)C(C)(C)C. The number of hydrogen-bond acceptors (Lipinski definition) is 1. The zero-order chi connectivity index (χ0) is 8.36. The van der Waals surface area contributed by atoms with Crippen molar-refractivity contribution in [3.8, 4) is 0 Å². The van der Waals surface area contributed by atoms with Crippen LogP contribution in [-0.2, 0) is 0 Å². The van der Waals surface area contributed by atoms with Crippen LogP contribution in [0.25, 0.3) is 0 Å². The molecule has 0 aromatic rings. The summed E-state index contributed by atoms with van der Waals surface area (Å²) < 4.78 is 0. The summed E-state index contributed by atoms with van der Waals surface area (Å²) in [5.74, 6) is 0.574. The lowest BCUT2D eigenvalue weighted by molar-refractivity contribution is 0.555. The summed E-state index contributed by atoms with van der Waals surface area (Å²) >= 11 is 0. The van der Waals surface area contributed by atoms with Crippen LogP contribution >= 0.6 is 0 Å². The van der Waals surface area contributed by atoms with Gasteiger partial charge in [-0.2, -0.15) is 0 Å². The molecule has 10 heavy (non-hydrogen) atoms. The molecule has 0 aliphatic heterocycles. The maximum atomic E-state index is 4.28. The minimum atomic E-state index is 0.239. The highest BCUT2D eigenvalue weighted by atomic mass is 14.7. The van der Waals surface area contributed by atoms with Gasteiger partial charge >= 0.3 is 0 Å². The average Bonchev–Trinajstić information content (AvgIpc) is 1.60. The fourth-order valence-corrected chi connectivity index (χ4v) is 1.46. The third-order valence-electron chi connectivity index (χ3n) is 1.56. The van der Waals surface area contributed by atoms with Crippen molar-refractivity contribution in [2.45, 2.75) is 34.6 Å². The Balaban J connectivity index is 4.40. The zero-order valence-corrected chi connectivity index (χ0v) is 8.02. The van der Waals surface area contributed by atoms with Gasteiger partial charge in [-0.25, -0.2) is 0 Å². The molecule has 0 saturated heterocycles. The van der Waals surface area contributed by atoms with Crippen molar-refractivity contribution in [3.63, 3.8) is 0 Å². The Morgan fingerprint density at radius 2 is 1.60 bits per heavy atom. The quantitative estimate of drug-likeness (QED) is 0.498. The van der Waals surface area contributed by atoms with Crippen LogP contribution < -0.4 is 0 Å². The third kappa shape index (κ3) is 2.51. The van der Waals surface area contributed by atoms with Crippen LogP contribution in [0.15, 0.2) is 4.99 Å². The summed E-state index contributed by atoms with van der Waals surface area (Å²) in [5.41, 5.74) is 1.54. The molecule has 60 valence electrons. The first-order chi connectivity index (χ1) is 4.39. The summed E-state index contributed by atoms with van der Waals surface area (Å²) in [6.45, 7) is 11.0. The minimum Gasteiger partial charge on any atom is -0.297 e. The van der Waals surface area contributed by atoms with Crippen molar-refractivity contribution in [1.82, 2.24) is 0 Å². The second kappa shape index (κ2) is 3.18. The third-order valence-corrected chi connectivity index (χ3v) is 1.56. The van der Waals surface area contributed by atoms with Gasteiger partial charge in [0.1, 0.15) is 0 Å². The van der Waals surface area contributed by atoms with Crippen LogP contribution in [-0.4, -0.2) is 12.8 Å². The molecular formula is C9H19N. The molecule has 0 fully saturated rings. The number of aliphatic imine (C=N–C) groups is 1. The normalized spacial score (nSPS) is 14.5. The minimum absolute atomic E-state index is 0.239. The molecule has 0 aliphatic rings. The van der Waals surface area contributed by atoms with Crippen molar-refractivity contribution in [3.05, 3.63) is 0 Å². The second-order valence-electron chi connectivity index (χ2n) is 4.01. The van der Waals surface area contributed by atoms with Crippen LogP contribution in [0.5, 0.6) is 0 Å². The van der Waals surface area contributed by atoms with Crippen LogP contribution in [0.2, 0.25) is 0 Å². The van der Waals surface area contributed by atoms with E-state index in [1.165, 1.54) is 5.71 Å². The van der Waals surface area contributed by atoms with Gasteiger partial charge in [-0.1, -0.05) is 34.6 Å². The number of nitrogens with zero attached hydrogens (tertiary/aromatic N) is 1. The molecule has 0 atom stereocenters. The molecule has 0 spiro atoms. The Morgan fingerprint density at radius 1 is 1.20 bits per heavy atom. The lowest BCUT2D eigenvalue weighted by atomic mass is 9.83. The van der Waals surface area contributed by atoms with Gasteiger partial charge in [-0.3, -0.25) is 4.99 Å². The molecule has 0 aromatic carbocycles. The topological polar surface area (TPSA) is 12.4 Å². The Hall–Kier alpha value is -0.330. The fourth-order valence-electron chi connectivity index (χ4n) is 1.46. The Kier molecular flexibility index (Phi) is 3.07. The number of rotatable bonds is 1. The van der Waals surface area contributed by atoms with E-state index in [0.717, 1.165) is 0 Å². The van der Waals surface area contributed by atoms with Crippen LogP contribution in [0.1, 0.15) is 34.6 Å². The molecule has 0 aromatic heterocycles. The predicted molar refractivity (Wildman–Crippen MR) is 47.7 cm³/mol. The highest BCUT2D eigenvalue weighted by molar-refractivity contribution is 5.90. The van der Waals surface area contributed by atoms with Gasteiger partial charge < -0.3 is 0 Å². The molecule has 0 heterocycles. The highest BCUT2D eigenvalue weighted by Gasteiger charge is 2.20. The molecule has 0 bridgehead atoms.